The third-order valence-corrected chi connectivity index (χ3v) is 4.11. The molecule has 0 spiro atoms. The summed E-state index contributed by atoms with van der Waals surface area (Å²) in [6.07, 6.45) is -5.22. The Kier molecular flexibility index (Phi) is 3.69. The van der Waals surface area contributed by atoms with Crippen LogP contribution in [-0.4, -0.2) is 36.5 Å². The van der Waals surface area contributed by atoms with Crippen molar-refractivity contribution in [3.63, 3.8) is 0 Å². The second-order valence-corrected chi connectivity index (χ2v) is 5.75. The van der Waals surface area contributed by atoms with Crippen LogP contribution in [-0.2, 0) is 6.18 Å². The van der Waals surface area contributed by atoms with E-state index in [-0.39, 0.29) is 11.2 Å². The summed E-state index contributed by atoms with van der Waals surface area (Å²) in [6, 6.07) is 6.49. The molecule has 0 saturated carbocycles. The van der Waals surface area contributed by atoms with Crippen LogP contribution in [0.25, 0.3) is 16.7 Å². The van der Waals surface area contributed by atoms with E-state index < -0.39 is 18.1 Å². The zero-order chi connectivity index (χ0) is 15.9. The number of thioether (sulfide) groups is 1. The first-order valence-electron chi connectivity index (χ1n) is 6.40. The van der Waals surface area contributed by atoms with Crippen LogP contribution in [0.3, 0.4) is 0 Å². The molecule has 1 unspecified atom stereocenters. The van der Waals surface area contributed by atoms with Crippen LogP contribution in [0, 0.1) is 0 Å². The van der Waals surface area contributed by atoms with Crippen molar-refractivity contribution in [3.8, 4) is 0 Å². The predicted molar refractivity (Wildman–Crippen MR) is 75.7 cm³/mol. The quantitative estimate of drug-likeness (QED) is 0.749. The lowest BCUT2D eigenvalue weighted by Gasteiger charge is -2.10. The van der Waals surface area contributed by atoms with Crippen LogP contribution in [0.4, 0.5) is 13.2 Å². The highest BCUT2D eigenvalue weighted by molar-refractivity contribution is 7.99. The molecule has 0 bridgehead atoms. The molecular weight excluding hydrogens is 317 g/mol. The molecule has 0 aliphatic heterocycles. The second kappa shape index (κ2) is 5.40. The maximum absolute atomic E-state index is 13.1. The number of nitrogens with zero attached hydrogens (tertiary/aromatic N) is 4. The molecule has 9 heteroatoms. The van der Waals surface area contributed by atoms with E-state index in [0.29, 0.717) is 16.3 Å². The molecule has 116 valence electrons. The van der Waals surface area contributed by atoms with E-state index in [1.54, 1.807) is 25.1 Å². The number of aliphatic hydroxyl groups is 1. The normalized spacial score (nSPS) is 13.9. The first-order chi connectivity index (χ1) is 10.4. The molecule has 0 fully saturated rings. The molecule has 0 aliphatic carbocycles. The Bertz CT molecular complexity index is 831. The Morgan fingerprint density at radius 2 is 2.00 bits per heavy atom. The van der Waals surface area contributed by atoms with E-state index >= 15 is 0 Å². The first kappa shape index (κ1) is 15.0. The number of benzene rings is 1. The van der Waals surface area contributed by atoms with Crippen LogP contribution in [0.15, 0.2) is 29.3 Å². The number of aliphatic hydroxyl groups excluding tert-OH is 1. The third-order valence-electron chi connectivity index (χ3n) is 2.91. The van der Waals surface area contributed by atoms with Crippen molar-refractivity contribution in [1.82, 2.24) is 19.6 Å². The lowest BCUT2D eigenvalue weighted by molar-refractivity contribution is -0.145. The summed E-state index contributed by atoms with van der Waals surface area (Å²) in [4.78, 5) is 4.33. The van der Waals surface area contributed by atoms with Gasteiger partial charge in [-0.25, -0.2) is 4.98 Å². The summed E-state index contributed by atoms with van der Waals surface area (Å²) in [5.41, 5.74) is 0.737. The number of aromatic nitrogens is 4. The summed E-state index contributed by atoms with van der Waals surface area (Å²) < 4.78 is 40.4. The highest BCUT2D eigenvalue weighted by atomic mass is 32.2. The smallest absolute Gasteiger partial charge is 0.393 e. The number of rotatable bonds is 3. The Morgan fingerprint density at radius 3 is 2.68 bits per heavy atom. The molecule has 3 rings (SSSR count). The molecule has 5 nitrogen and oxygen atoms in total. The SMILES string of the molecule is CC(O)CSc1nc2ccccc2n2c(C(F)(F)F)nnc12. The van der Waals surface area contributed by atoms with Crippen molar-refractivity contribution in [2.24, 2.45) is 0 Å². The first-order valence-corrected chi connectivity index (χ1v) is 7.38. The number of alkyl halides is 3. The topological polar surface area (TPSA) is 63.3 Å². The van der Waals surface area contributed by atoms with Gasteiger partial charge in [0.05, 0.1) is 17.1 Å². The number of halogens is 3. The Morgan fingerprint density at radius 1 is 1.27 bits per heavy atom. The largest absolute Gasteiger partial charge is 0.452 e. The van der Waals surface area contributed by atoms with Gasteiger partial charge in [-0.3, -0.25) is 4.40 Å². The van der Waals surface area contributed by atoms with Gasteiger partial charge in [0.15, 0.2) is 5.65 Å². The van der Waals surface area contributed by atoms with Crippen LogP contribution in [0.1, 0.15) is 12.7 Å². The van der Waals surface area contributed by atoms with Crippen LogP contribution in [0.5, 0.6) is 0 Å². The number of hydrogen-bond acceptors (Lipinski definition) is 5. The molecular formula is C13H11F3N4OS. The number of fused-ring (bicyclic) bond motifs is 3. The summed E-state index contributed by atoms with van der Waals surface area (Å²) >= 11 is 1.15. The Labute approximate surface area is 127 Å². The van der Waals surface area contributed by atoms with Crippen LogP contribution in [0.2, 0.25) is 0 Å². The minimum absolute atomic E-state index is 0.0386. The van der Waals surface area contributed by atoms with Gasteiger partial charge < -0.3 is 5.11 Å². The maximum Gasteiger partial charge on any atom is 0.452 e. The van der Waals surface area contributed by atoms with Crippen molar-refractivity contribution in [1.29, 1.82) is 0 Å². The van der Waals surface area contributed by atoms with Crippen molar-refractivity contribution >= 4 is 28.4 Å². The lowest BCUT2D eigenvalue weighted by Crippen LogP contribution is -2.12. The van der Waals surface area contributed by atoms with E-state index in [1.807, 2.05) is 0 Å². The molecule has 1 atom stereocenters. The molecule has 0 radical (unpaired) electrons. The van der Waals surface area contributed by atoms with E-state index in [0.717, 1.165) is 16.2 Å². The highest BCUT2D eigenvalue weighted by Crippen LogP contribution is 2.32. The van der Waals surface area contributed by atoms with E-state index in [2.05, 4.69) is 15.2 Å². The Hall–Kier alpha value is -1.87. The lowest BCUT2D eigenvalue weighted by atomic mass is 10.3. The van der Waals surface area contributed by atoms with Crippen LogP contribution < -0.4 is 0 Å². The van der Waals surface area contributed by atoms with Crippen molar-refractivity contribution in [2.75, 3.05) is 5.75 Å². The van der Waals surface area contributed by atoms with E-state index in [4.69, 9.17) is 0 Å². The van der Waals surface area contributed by atoms with Crippen LogP contribution >= 0.6 is 11.8 Å². The van der Waals surface area contributed by atoms with Crippen molar-refractivity contribution in [2.45, 2.75) is 24.2 Å². The molecule has 0 amide bonds. The summed E-state index contributed by atoms with van der Waals surface area (Å²) in [5, 5.41) is 16.6. The van der Waals surface area contributed by atoms with Crippen molar-refractivity contribution in [3.05, 3.63) is 30.1 Å². The molecule has 0 saturated heterocycles. The van der Waals surface area contributed by atoms with Gasteiger partial charge in [-0.1, -0.05) is 23.9 Å². The monoisotopic (exact) mass is 328 g/mol. The highest BCUT2D eigenvalue weighted by Gasteiger charge is 2.38. The average Bonchev–Trinajstić information content (AvgIpc) is 2.90. The van der Waals surface area contributed by atoms with Gasteiger partial charge >= 0.3 is 6.18 Å². The third kappa shape index (κ3) is 2.61. The number of hydrogen-bond donors (Lipinski definition) is 1. The van der Waals surface area contributed by atoms with Gasteiger partial charge in [0.2, 0.25) is 5.82 Å². The van der Waals surface area contributed by atoms with Gasteiger partial charge in [0, 0.05) is 5.75 Å². The van der Waals surface area contributed by atoms with Gasteiger partial charge in [-0.05, 0) is 19.1 Å². The van der Waals surface area contributed by atoms with Gasteiger partial charge in [0.25, 0.3) is 0 Å². The van der Waals surface area contributed by atoms with Crippen molar-refractivity contribution < 1.29 is 18.3 Å². The minimum Gasteiger partial charge on any atom is -0.393 e. The maximum atomic E-state index is 13.1. The zero-order valence-electron chi connectivity index (χ0n) is 11.4. The predicted octanol–water partition coefficient (Wildman–Crippen LogP) is 2.77. The molecule has 22 heavy (non-hydrogen) atoms. The fraction of sp³-hybridized carbons (Fsp3) is 0.308. The molecule has 3 aromatic rings. The molecule has 1 N–H and O–H groups in total. The second-order valence-electron chi connectivity index (χ2n) is 4.75. The molecule has 0 aliphatic rings. The Balaban J connectivity index is 2.30. The summed E-state index contributed by atoms with van der Waals surface area (Å²) in [7, 11) is 0. The summed E-state index contributed by atoms with van der Waals surface area (Å²) in [5.74, 6) is -0.783. The van der Waals surface area contributed by atoms with Gasteiger partial charge in [-0.15, -0.1) is 10.2 Å². The number of para-hydroxylation sites is 2. The molecule has 2 aromatic heterocycles. The van der Waals surface area contributed by atoms with Gasteiger partial charge in [-0.2, -0.15) is 13.2 Å². The fourth-order valence-corrected chi connectivity index (χ4v) is 2.86. The molecule has 2 heterocycles. The van der Waals surface area contributed by atoms with E-state index in [9.17, 15) is 18.3 Å². The summed E-state index contributed by atoms with van der Waals surface area (Å²) in [6.45, 7) is 1.59. The minimum atomic E-state index is -4.62. The average molecular weight is 328 g/mol. The van der Waals surface area contributed by atoms with E-state index in [1.165, 1.54) is 6.07 Å². The zero-order valence-corrected chi connectivity index (χ0v) is 12.2. The van der Waals surface area contributed by atoms with Gasteiger partial charge in [0.1, 0.15) is 5.03 Å². The fourth-order valence-electron chi connectivity index (χ4n) is 2.04. The standard InChI is InChI=1S/C13H11F3N4OS/c1-7(21)6-22-11-10-18-19-12(13(14,15)16)20(10)9-5-3-2-4-8(9)17-11/h2-5,7,21H,6H2,1H3. The molecule has 1 aromatic carbocycles.